The van der Waals surface area contributed by atoms with Gasteiger partial charge in [0, 0.05) is 24.0 Å². The lowest BCUT2D eigenvalue weighted by Crippen LogP contribution is -2.18. The summed E-state index contributed by atoms with van der Waals surface area (Å²) in [7, 11) is 2.03. The van der Waals surface area contributed by atoms with Crippen LogP contribution in [0.2, 0.25) is 5.02 Å². The van der Waals surface area contributed by atoms with Crippen molar-refractivity contribution >= 4 is 33.9 Å². The highest BCUT2D eigenvalue weighted by atomic mass is 35.5. The van der Waals surface area contributed by atoms with Crippen LogP contribution < -0.4 is 10.6 Å². The number of nitrogens with zero attached hydrogens (tertiary/aromatic N) is 2. The predicted octanol–water partition coefficient (Wildman–Crippen LogP) is 4.11. The molecule has 1 heterocycles. The fourth-order valence-corrected chi connectivity index (χ4v) is 2.64. The first-order valence-electron chi connectivity index (χ1n) is 6.74. The molecule has 0 fully saturated rings. The lowest BCUT2D eigenvalue weighted by atomic mass is 10.1. The molecule has 3 aromatic rings. The van der Waals surface area contributed by atoms with Crippen molar-refractivity contribution in [2.24, 2.45) is 0 Å². The molecule has 3 nitrogen and oxygen atoms in total. The van der Waals surface area contributed by atoms with Gasteiger partial charge >= 0.3 is 0 Å². The third-order valence-corrected chi connectivity index (χ3v) is 3.74. The smallest absolute Gasteiger partial charge is 0.0745 e. The Hall–Kier alpha value is -2.26. The van der Waals surface area contributed by atoms with Gasteiger partial charge in [-0.3, -0.25) is 4.98 Å². The van der Waals surface area contributed by atoms with Crippen molar-refractivity contribution in [3.8, 4) is 0 Å². The van der Waals surface area contributed by atoms with Crippen LogP contribution in [-0.2, 0) is 6.54 Å². The molecule has 0 atom stereocenters. The van der Waals surface area contributed by atoms with E-state index >= 15 is 0 Å². The highest BCUT2D eigenvalue weighted by Crippen LogP contribution is 2.31. The van der Waals surface area contributed by atoms with E-state index in [1.54, 1.807) is 6.20 Å². The zero-order chi connectivity index (χ0) is 14.8. The number of hydrogen-bond donors (Lipinski definition) is 1. The number of benzene rings is 2. The van der Waals surface area contributed by atoms with Crippen molar-refractivity contribution in [1.82, 2.24) is 4.98 Å². The molecule has 0 amide bonds. The largest absolute Gasteiger partial charge is 0.396 e. The van der Waals surface area contributed by atoms with Crippen molar-refractivity contribution in [1.29, 1.82) is 0 Å². The molecule has 0 saturated carbocycles. The van der Waals surface area contributed by atoms with Crippen molar-refractivity contribution in [3.05, 3.63) is 65.3 Å². The molecule has 0 aliphatic rings. The molecule has 3 rings (SSSR count). The highest BCUT2D eigenvalue weighted by molar-refractivity contribution is 6.30. The Balaban J connectivity index is 1.99. The number of anilines is 2. The second kappa shape index (κ2) is 5.62. The van der Waals surface area contributed by atoms with E-state index in [-0.39, 0.29) is 0 Å². The summed E-state index contributed by atoms with van der Waals surface area (Å²) < 4.78 is 0. The normalized spacial score (nSPS) is 10.8. The first-order chi connectivity index (χ1) is 10.1. The van der Waals surface area contributed by atoms with Gasteiger partial charge in [0.2, 0.25) is 0 Å². The topological polar surface area (TPSA) is 42.1 Å². The quantitative estimate of drug-likeness (QED) is 0.791. The first kappa shape index (κ1) is 13.7. The van der Waals surface area contributed by atoms with Gasteiger partial charge in [-0.25, -0.2) is 0 Å². The number of pyridine rings is 1. The molecule has 0 radical (unpaired) electrons. The molecular weight excluding hydrogens is 282 g/mol. The van der Waals surface area contributed by atoms with Crippen LogP contribution in [0.15, 0.2) is 54.7 Å². The Morgan fingerprint density at radius 3 is 2.57 bits per heavy atom. The monoisotopic (exact) mass is 297 g/mol. The van der Waals surface area contributed by atoms with Crippen LogP contribution in [0.1, 0.15) is 5.56 Å². The Bertz CT molecular complexity index is 769. The molecule has 0 aliphatic carbocycles. The molecule has 0 aliphatic heterocycles. The second-order valence-corrected chi connectivity index (χ2v) is 5.50. The Morgan fingerprint density at radius 1 is 1.10 bits per heavy atom. The summed E-state index contributed by atoms with van der Waals surface area (Å²) in [6.07, 6.45) is 1.72. The molecule has 0 saturated heterocycles. The number of halogens is 1. The van der Waals surface area contributed by atoms with E-state index in [1.165, 1.54) is 5.56 Å². The molecule has 21 heavy (non-hydrogen) atoms. The summed E-state index contributed by atoms with van der Waals surface area (Å²) in [6, 6.07) is 15.9. The molecule has 0 bridgehead atoms. The Labute approximate surface area is 129 Å². The maximum Gasteiger partial charge on any atom is 0.0745 e. The maximum absolute atomic E-state index is 6.14. The zero-order valence-corrected chi connectivity index (χ0v) is 12.5. The van der Waals surface area contributed by atoms with Gasteiger partial charge in [0.25, 0.3) is 0 Å². The van der Waals surface area contributed by atoms with Gasteiger partial charge in [-0.2, -0.15) is 0 Å². The van der Waals surface area contributed by atoms with Crippen LogP contribution >= 0.6 is 11.6 Å². The van der Waals surface area contributed by atoms with Crippen LogP contribution in [0.4, 0.5) is 11.4 Å². The van der Waals surface area contributed by atoms with Gasteiger partial charge in [0.1, 0.15) is 0 Å². The minimum atomic E-state index is 0.685. The predicted molar refractivity (Wildman–Crippen MR) is 89.7 cm³/mol. The van der Waals surface area contributed by atoms with Crippen LogP contribution in [0.3, 0.4) is 0 Å². The fourth-order valence-electron chi connectivity index (χ4n) is 2.51. The second-order valence-electron chi connectivity index (χ2n) is 5.06. The summed E-state index contributed by atoms with van der Waals surface area (Å²) in [5, 5.41) is 1.81. The van der Waals surface area contributed by atoms with Gasteiger partial charge in [-0.1, -0.05) is 41.9 Å². The van der Waals surface area contributed by atoms with Crippen molar-refractivity contribution in [2.45, 2.75) is 6.54 Å². The lowest BCUT2D eigenvalue weighted by molar-refractivity contribution is 0.928. The third kappa shape index (κ3) is 2.78. The average molecular weight is 298 g/mol. The van der Waals surface area contributed by atoms with Crippen molar-refractivity contribution in [3.63, 3.8) is 0 Å². The van der Waals surface area contributed by atoms with Crippen LogP contribution in [-0.4, -0.2) is 12.0 Å². The number of nitrogen functional groups attached to an aromatic ring is 1. The van der Waals surface area contributed by atoms with E-state index in [0.717, 1.165) is 28.2 Å². The summed E-state index contributed by atoms with van der Waals surface area (Å²) in [6.45, 7) is 0.759. The number of hydrogen-bond acceptors (Lipinski definition) is 3. The lowest BCUT2D eigenvalue weighted by Gasteiger charge is -2.23. The average Bonchev–Trinajstić information content (AvgIpc) is 2.49. The van der Waals surface area contributed by atoms with Gasteiger partial charge in [-0.15, -0.1) is 0 Å². The Morgan fingerprint density at radius 2 is 1.81 bits per heavy atom. The fraction of sp³-hybridized carbons (Fsp3) is 0.118. The minimum Gasteiger partial charge on any atom is -0.396 e. The highest BCUT2D eigenvalue weighted by Gasteiger charge is 2.11. The molecule has 106 valence electrons. The zero-order valence-electron chi connectivity index (χ0n) is 11.8. The number of nitrogens with two attached hydrogens (primary N) is 1. The van der Waals surface area contributed by atoms with Crippen LogP contribution in [0.25, 0.3) is 10.9 Å². The number of para-hydroxylation sites is 1. The van der Waals surface area contributed by atoms with Crippen LogP contribution in [0.5, 0.6) is 0 Å². The van der Waals surface area contributed by atoms with Gasteiger partial charge < -0.3 is 10.6 Å². The molecule has 2 aromatic carbocycles. The van der Waals surface area contributed by atoms with Gasteiger partial charge in [0.05, 0.1) is 23.1 Å². The number of aromatic nitrogens is 1. The van der Waals surface area contributed by atoms with E-state index in [9.17, 15) is 0 Å². The molecular formula is C17H16ClN3. The van der Waals surface area contributed by atoms with Crippen LogP contribution in [0, 0.1) is 0 Å². The maximum atomic E-state index is 6.14. The SMILES string of the molecule is CN(Cc1ccc(Cl)cc1)c1c(N)cnc2ccccc12. The first-order valence-corrected chi connectivity index (χ1v) is 7.12. The summed E-state index contributed by atoms with van der Waals surface area (Å²) in [4.78, 5) is 6.51. The van der Waals surface area contributed by atoms with E-state index in [1.807, 2.05) is 55.6 Å². The molecule has 0 unspecified atom stereocenters. The number of rotatable bonds is 3. The van der Waals surface area contributed by atoms with Gasteiger partial charge in [-0.05, 0) is 23.8 Å². The van der Waals surface area contributed by atoms with E-state index < -0.39 is 0 Å². The molecule has 4 heteroatoms. The van der Waals surface area contributed by atoms with E-state index in [2.05, 4.69) is 9.88 Å². The minimum absolute atomic E-state index is 0.685. The van der Waals surface area contributed by atoms with E-state index in [0.29, 0.717) is 5.69 Å². The van der Waals surface area contributed by atoms with Crippen molar-refractivity contribution in [2.75, 3.05) is 17.7 Å². The summed E-state index contributed by atoms with van der Waals surface area (Å²) in [5.74, 6) is 0. The third-order valence-electron chi connectivity index (χ3n) is 3.49. The summed E-state index contributed by atoms with van der Waals surface area (Å²) >= 11 is 5.93. The Kier molecular flexibility index (Phi) is 3.67. The van der Waals surface area contributed by atoms with Crippen molar-refractivity contribution < 1.29 is 0 Å². The van der Waals surface area contributed by atoms with Gasteiger partial charge in [0.15, 0.2) is 0 Å². The number of fused-ring (bicyclic) bond motifs is 1. The summed E-state index contributed by atoms with van der Waals surface area (Å²) in [5.41, 5.74) is 9.97. The van der Waals surface area contributed by atoms with E-state index in [4.69, 9.17) is 17.3 Å². The molecule has 0 spiro atoms. The standard InChI is InChI=1S/C17H16ClN3/c1-21(11-12-6-8-13(18)9-7-12)17-14-4-2-3-5-16(14)20-10-15(17)19/h2-10H,11,19H2,1H3. The molecule has 1 aromatic heterocycles. The molecule has 2 N–H and O–H groups in total.